The van der Waals surface area contributed by atoms with E-state index >= 15 is 0 Å². The van der Waals surface area contributed by atoms with E-state index < -0.39 is 0 Å². The zero-order valence-electron chi connectivity index (χ0n) is 5.94. The predicted molar refractivity (Wildman–Crippen MR) is 45.4 cm³/mol. The largest absolute Gasteiger partial charge is 0.129 e. The van der Waals surface area contributed by atoms with Gasteiger partial charge in [0.2, 0.25) is 0 Å². The minimum atomic E-state index is 0.873. The fourth-order valence-electron chi connectivity index (χ4n) is 0.405. The van der Waals surface area contributed by atoms with E-state index in [-0.39, 0.29) is 0 Å². The molecule has 0 aliphatic heterocycles. The van der Waals surface area contributed by atoms with Gasteiger partial charge in [-0.05, 0) is 19.1 Å². The monoisotopic (exact) mass is 162 g/mol. The van der Waals surface area contributed by atoms with Crippen molar-refractivity contribution >= 4 is 22.9 Å². The van der Waals surface area contributed by atoms with Gasteiger partial charge in [-0.3, -0.25) is 0 Å². The Balaban J connectivity index is 0.000000291. The van der Waals surface area contributed by atoms with E-state index in [0.29, 0.717) is 0 Å². The van der Waals surface area contributed by atoms with Crippen LogP contribution in [0, 0.1) is 6.92 Å². The van der Waals surface area contributed by atoms with Gasteiger partial charge in [-0.15, -0.1) is 11.3 Å². The third-order valence-electron chi connectivity index (χ3n) is 0.708. The second-order valence-electron chi connectivity index (χ2n) is 1.35. The summed E-state index contributed by atoms with van der Waals surface area (Å²) in [7, 11) is 0. The maximum atomic E-state index is 5.58. The van der Waals surface area contributed by atoms with Crippen LogP contribution in [-0.4, -0.2) is 0 Å². The van der Waals surface area contributed by atoms with Crippen molar-refractivity contribution in [3.8, 4) is 0 Å². The summed E-state index contributed by atoms with van der Waals surface area (Å²) in [5.41, 5.74) is 0. The highest BCUT2D eigenvalue weighted by Gasteiger charge is 1.86. The van der Waals surface area contributed by atoms with Crippen molar-refractivity contribution in [3.05, 3.63) is 21.3 Å². The van der Waals surface area contributed by atoms with Crippen molar-refractivity contribution in [2.24, 2.45) is 0 Å². The molecule has 0 atom stereocenters. The van der Waals surface area contributed by atoms with Crippen molar-refractivity contribution < 1.29 is 0 Å². The van der Waals surface area contributed by atoms with E-state index in [9.17, 15) is 0 Å². The van der Waals surface area contributed by atoms with Gasteiger partial charge < -0.3 is 0 Å². The smallest absolute Gasteiger partial charge is 0.0931 e. The molecule has 0 aliphatic carbocycles. The van der Waals surface area contributed by atoms with Crippen LogP contribution < -0.4 is 0 Å². The van der Waals surface area contributed by atoms with E-state index in [4.69, 9.17) is 11.6 Å². The number of halogens is 1. The highest BCUT2D eigenvalue weighted by molar-refractivity contribution is 7.16. The minimum Gasteiger partial charge on any atom is -0.129 e. The third-order valence-corrected chi connectivity index (χ3v) is 1.85. The van der Waals surface area contributed by atoms with E-state index in [1.54, 1.807) is 11.3 Å². The van der Waals surface area contributed by atoms with Gasteiger partial charge in [0.1, 0.15) is 0 Å². The summed E-state index contributed by atoms with van der Waals surface area (Å²) < 4.78 is 0.873. The molecule has 1 rings (SSSR count). The standard InChI is InChI=1S/C5H5ClS.C2H6/c1-4-2-3-5(6)7-4;1-2/h2-3H,1H3;1-2H3. The van der Waals surface area contributed by atoms with Gasteiger partial charge in [-0.2, -0.15) is 0 Å². The summed E-state index contributed by atoms with van der Waals surface area (Å²) in [5.74, 6) is 0. The van der Waals surface area contributed by atoms with Crippen molar-refractivity contribution in [2.75, 3.05) is 0 Å². The molecule has 0 bridgehead atoms. The average molecular weight is 163 g/mol. The minimum absolute atomic E-state index is 0.873. The third kappa shape index (κ3) is 3.55. The molecule has 0 nitrogen and oxygen atoms in total. The molecule has 1 aromatic heterocycles. The second kappa shape index (κ2) is 4.83. The van der Waals surface area contributed by atoms with Crippen LogP contribution in [-0.2, 0) is 0 Å². The fourth-order valence-corrected chi connectivity index (χ4v) is 1.41. The molecule has 0 unspecified atom stereocenters. The molecule has 1 heterocycles. The summed E-state index contributed by atoms with van der Waals surface area (Å²) in [4.78, 5) is 1.27. The summed E-state index contributed by atoms with van der Waals surface area (Å²) in [6.45, 7) is 6.04. The van der Waals surface area contributed by atoms with Crippen LogP contribution in [0.5, 0.6) is 0 Å². The molecular formula is C7H11ClS. The Morgan fingerprint density at radius 3 is 2.00 bits per heavy atom. The summed E-state index contributed by atoms with van der Waals surface area (Å²) in [6, 6.07) is 3.91. The van der Waals surface area contributed by atoms with Gasteiger partial charge >= 0.3 is 0 Å². The summed E-state index contributed by atoms with van der Waals surface area (Å²) in [6.07, 6.45) is 0. The van der Waals surface area contributed by atoms with Gasteiger partial charge in [0.25, 0.3) is 0 Å². The number of rotatable bonds is 0. The molecule has 0 saturated heterocycles. The van der Waals surface area contributed by atoms with Crippen LogP contribution in [0.1, 0.15) is 18.7 Å². The van der Waals surface area contributed by atoms with Crippen molar-refractivity contribution in [1.29, 1.82) is 0 Å². The zero-order chi connectivity index (χ0) is 7.28. The molecule has 0 fully saturated rings. The van der Waals surface area contributed by atoms with Crippen LogP contribution >= 0.6 is 22.9 Å². The first-order chi connectivity index (χ1) is 4.29. The predicted octanol–water partition coefficient (Wildman–Crippen LogP) is 3.74. The van der Waals surface area contributed by atoms with Gasteiger partial charge in [0, 0.05) is 4.88 Å². The first-order valence-electron chi connectivity index (χ1n) is 3.01. The Labute approximate surface area is 65.5 Å². The van der Waals surface area contributed by atoms with Crippen LogP contribution in [0.15, 0.2) is 12.1 Å². The first-order valence-corrected chi connectivity index (χ1v) is 4.20. The molecule has 0 saturated carbocycles. The van der Waals surface area contributed by atoms with Crippen LogP contribution in [0.25, 0.3) is 0 Å². The quantitative estimate of drug-likeness (QED) is 0.545. The Kier molecular flexibility index (Phi) is 4.83. The normalized spacial score (nSPS) is 8.00. The lowest BCUT2D eigenvalue weighted by atomic mass is 10.5. The molecule has 0 amide bonds. The summed E-state index contributed by atoms with van der Waals surface area (Å²) >= 11 is 7.19. The molecule has 0 spiro atoms. The van der Waals surface area contributed by atoms with Crippen LogP contribution in [0.4, 0.5) is 0 Å². The number of hydrogen-bond donors (Lipinski definition) is 0. The van der Waals surface area contributed by atoms with E-state index in [0.717, 1.165) is 4.34 Å². The molecule has 0 radical (unpaired) electrons. The van der Waals surface area contributed by atoms with Crippen LogP contribution in [0.2, 0.25) is 4.34 Å². The van der Waals surface area contributed by atoms with Gasteiger partial charge in [-0.25, -0.2) is 0 Å². The SMILES string of the molecule is CC.Cc1ccc(Cl)s1. The lowest BCUT2D eigenvalue weighted by Crippen LogP contribution is -1.43. The zero-order valence-corrected chi connectivity index (χ0v) is 7.51. The number of aryl methyl sites for hydroxylation is 1. The highest BCUT2D eigenvalue weighted by Crippen LogP contribution is 2.19. The van der Waals surface area contributed by atoms with Crippen LogP contribution in [0.3, 0.4) is 0 Å². The Morgan fingerprint density at radius 2 is 1.89 bits per heavy atom. The van der Waals surface area contributed by atoms with E-state index in [1.807, 2.05) is 32.9 Å². The molecule has 9 heavy (non-hydrogen) atoms. The molecule has 52 valence electrons. The Morgan fingerprint density at radius 1 is 1.33 bits per heavy atom. The fraction of sp³-hybridized carbons (Fsp3) is 0.429. The maximum Gasteiger partial charge on any atom is 0.0931 e. The Hall–Kier alpha value is -0.0100. The Bertz CT molecular complexity index is 141. The molecular weight excluding hydrogens is 152 g/mol. The lowest BCUT2D eigenvalue weighted by Gasteiger charge is -1.69. The maximum absolute atomic E-state index is 5.58. The first kappa shape index (κ1) is 8.99. The van der Waals surface area contributed by atoms with E-state index in [2.05, 4.69) is 0 Å². The van der Waals surface area contributed by atoms with E-state index in [1.165, 1.54) is 4.88 Å². The molecule has 0 aromatic carbocycles. The van der Waals surface area contributed by atoms with Gasteiger partial charge in [-0.1, -0.05) is 25.4 Å². The number of thiophene rings is 1. The molecule has 2 heteroatoms. The average Bonchev–Trinajstić information content (AvgIpc) is 2.20. The summed E-state index contributed by atoms with van der Waals surface area (Å²) in [5, 5.41) is 0. The van der Waals surface area contributed by atoms with Gasteiger partial charge in [0.05, 0.1) is 4.34 Å². The topological polar surface area (TPSA) is 0 Å². The lowest BCUT2D eigenvalue weighted by molar-refractivity contribution is 1.50. The van der Waals surface area contributed by atoms with Crippen molar-refractivity contribution in [2.45, 2.75) is 20.8 Å². The molecule has 0 aliphatic rings. The van der Waals surface area contributed by atoms with Crippen molar-refractivity contribution in [3.63, 3.8) is 0 Å². The van der Waals surface area contributed by atoms with Crippen molar-refractivity contribution in [1.82, 2.24) is 0 Å². The number of hydrogen-bond acceptors (Lipinski definition) is 1. The second-order valence-corrected chi connectivity index (χ2v) is 3.27. The molecule has 1 aromatic rings. The van der Waals surface area contributed by atoms with Gasteiger partial charge in [0.15, 0.2) is 0 Å². The highest BCUT2D eigenvalue weighted by atomic mass is 35.5. The molecule has 0 N–H and O–H groups in total.